The van der Waals surface area contributed by atoms with Gasteiger partial charge < -0.3 is 10.6 Å². The second-order valence-corrected chi connectivity index (χ2v) is 2.98. The lowest BCUT2D eigenvalue weighted by Crippen LogP contribution is -2.37. The van der Waals surface area contributed by atoms with Gasteiger partial charge in [0.05, 0.1) is 12.5 Å². The molecule has 0 atom stereocenters. The van der Waals surface area contributed by atoms with Crippen LogP contribution in [0.3, 0.4) is 0 Å². The standard InChI is InChI=1S/C11H14N4/c1-14-11(13)15(9-5-8-12)10-6-3-2-4-7-10/h2-4,6-7H,5,9H2,1H3,(H2,13,14). The molecule has 0 aliphatic carbocycles. The van der Waals surface area contributed by atoms with Crippen molar-refractivity contribution in [3.8, 4) is 6.07 Å². The molecule has 0 saturated carbocycles. The van der Waals surface area contributed by atoms with Crippen molar-refractivity contribution in [2.24, 2.45) is 10.7 Å². The molecule has 15 heavy (non-hydrogen) atoms. The van der Waals surface area contributed by atoms with Gasteiger partial charge in [0.2, 0.25) is 0 Å². The number of nitriles is 1. The molecule has 2 N–H and O–H groups in total. The SMILES string of the molecule is CN=C(N)N(CCC#N)c1ccccc1. The molecule has 0 saturated heterocycles. The largest absolute Gasteiger partial charge is 0.370 e. The van der Waals surface area contributed by atoms with E-state index in [1.807, 2.05) is 35.2 Å². The second kappa shape index (κ2) is 5.66. The van der Waals surface area contributed by atoms with Crippen molar-refractivity contribution < 1.29 is 0 Å². The average molecular weight is 202 g/mol. The first-order chi connectivity index (χ1) is 7.29. The normalized spacial score (nSPS) is 10.8. The van der Waals surface area contributed by atoms with E-state index in [1.54, 1.807) is 7.05 Å². The van der Waals surface area contributed by atoms with E-state index >= 15 is 0 Å². The summed E-state index contributed by atoms with van der Waals surface area (Å²) in [6, 6.07) is 11.8. The van der Waals surface area contributed by atoms with E-state index in [1.165, 1.54) is 0 Å². The number of rotatable bonds is 3. The summed E-state index contributed by atoms with van der Waals surface area (Å²) < 4.78 is 0. The van der Waals surface area contributed by atoms with E-state index in [2.05, 4.69) is 11.1 Å². The zero-order valence-electron chi connectivity index (χ0n) is 8.72. The highest BCUT2D eigenvalue weighted by atomic mass is 15.2. The number of hydrogen-bond donors (Lipinski definition) is 1. The maximum absolute atomic E-state index is 8.56. The van der Waals surface area contributed by atoms with Gasteiger partial charge in [-0.3, -0.25) is 4.99 Å². The Hall–Kier alpha value is -2.02. The average Bonchev–Trinajstić information content (AvgIpc) is 2.30. The van der Waals surface area contributed by atoms with Gasteiger partial charge in [-0.1, -0.05) is 18.2 Å². The third kappa shape index (κ3) is 2.99. The second-order valence-electron chi connectivity index (χ2n) is 2.98. The molecule has 0 spiro atoms. The van der Waals surface area contributed by atoms with Crippen LogP contribution in [-0.4, -0.2) is 19.6 Å². The number of hydrogen-bond acceptors (Lipinski definition) is 2. The van der Waals surface area contributed by atoms with Crippen molar-refractivity contribution in [2.45, 2.75) is 6.42 Å². The minimum atomic E-state index is 0.422. The number of benzene rings is 1. The number of nitrogens with zero attached hydrogens (tertiary/aromatic N) is 3. The molecule has 4 nitrogen and oxygen atoms in total. The molecule has 0 bridgehead atoms. The number of nitrogens with two attached hydrogens (primary N) is 1. The number of anilines is 1. The van der Waals surface area contributed by atoms with Crippen LogP contribution in [0.1, 0.15) is 6.42 Å². The van der Waals surface area contributed by atoms with Crippen LogP contribution in [0.5, 0.6) is 0 Å². The van der Waals surface area contributed by atoms with Gasteiger partial charge in [-0.15, -0.1) is 0 Å². The van der Waals surface area contributed by atoms with Crippen LogP contribution < -0.4 is 10.6 Å². The van der Waals surface area contributed by atoms with Crippen molar-refractivity contribution in [3.63, 3.8) is 0 Å². The summed E-state index contributed by atoms with van der Waals surface area (Å²) in [5.74, 6) is 0.427. The van der Waals surface area contributed by atoms with Gasteiger partial charge in [0.1, 0.15) is 0 Å². The summed E-state index contributed by atoms with van der Waals surface area (Å²) in [7, 11) is 1.64. The predicted octanol–water partition coefficient (Wildman–Crippen LogP) is 1.35. The van der Waals surface area contributed by atoms with Crippen molar-refractivity contribution in [1.29, 1.82) is 5.26 Å². The summed E-state index contributed by atoms with van der Waals surface area (Å²) >= 11 is 0. The van der Waals surface area contributed by atoms with Crippen LogP contribution >= 0.6 is 0 Å². The fourth-order valence-electron chi connectivity index (χ4n) is 1.27. The summed E-state index contributed by atoms with van der Waals surface area (Å²) in [6.45, 7) is 0.559. The zero-order valence-corrected chi connectivity index (χ0v) is 8.72. The van der Waals surface area contributed by atoms with Crippen LogP contribution in [0, 0.1) is 11.3 Å². The molecule has 0 aromatic heterocycles. The number of para-hydroxylation sites is 1. The Balaban J connectivity index is 2.87. The highest BCUT2D eigenvalue weighted by Gasteiger charge is 2.08. The summed E-state index contributed by atoms with van der Waals surface area (Å²) in [5, 5.41) is 8.56. The van der Waals surface area contributed by atoms with E-state index in [-0.39, 0.29) is 0 Å². The minimum absolute atomic E-state index is 0.422. The van der Waals surface area contributed by atoms with Gasteiger partial charge in [-0.2, -0.15) is 5.26 Å². The maximum atomic E-state index is 8.56. The number of aliphatic imine (C=N–C) groups is 1. The van der Waals surface area contributed by atoms with Gasteiger partial charge in [-0.25, -0.2) is 0 Å². The Bertz CT molecular complexity index is 364. The summed E-state index contributed by atoms with van der Waals surface area (Å²) in [6.07, 6.45) is 0.422. The first kappa shape index (κ1) is 11.1. The summed E-state index contributed by atoms with van der Waals surface area (Å²) in [4.78, 5) is 5.75. The van der Waals surface area contributed by atoms with E-state index in [4.69, 9.17) is 11.0 Å². The van der Waals surface area contributed by atoms with Gasteiger partial charge in [-0.05, 0) is 12.1 Å². The van der Waals surface area contributed by atoms with Crippen molar-refractivity contribution in [1.82, 2.24) is 0 Å². The third-order valence-corrected chi connectivity index (χ3v) is 2.02. The minimum Gasteiger partial charge on any atom is -0.370 e. The lowest BCUT2D eigenvalue weighted by atomic mass is 10.3. The quantitative estimate of drug-likeness (QED) is 0.594. The summed E-state index contributed by atoms with van der Waals surface area (Å²) in [5.41, 5.74) is 6.71. The van der Waals surface area contributed by atoms with Crippen molar-refractivity contribution >= 4 is 11.6 Å². The Labute approximate surface area is 89.6 Å². The molecule has 0 amide bonds. The van der Waals surface area contributed by atoms with Gasteiger partial charge >= 0.3 is 0 Å². The first-order valence-corrected chi connectivity index (χ1v) is 4.71. The predicted molar refractivity (Wildman–Crippen MR) is 61.6 cm³/mol. The van der Waals surface area contributed by atoms with E-state index < -0.39 is 0 Å². The van der Waals surface area contributed by atoms with Crippen LogP contribution in [0.25, 0.3) is 0 Å². The molecular weight excluding hydrogens is 188 g/mol. The van der Waals surface area contributed by atoms with Crippen molar-refractivity contribution in [2.75, 3.05) is 18.5 Å². The molecule has 0 radical (unpaired) electrons. The van der Waals surface area contributed by atoms with Crippen molar-refractivity contribution in [3.05, 3.63) is 30.3 Å². The smallest absolute Gasteiger partial charge is 0.195 e. The molecule has 0 unspecified atom stereocenters. The molecule has 4 heteroatoms. The topological polar surface area (TPSA) is 65.4 Å². The molecule has 0 aliphatic heterocycles. The lowest BCUT2D eigenvalue weighted by molar-refractivity contribution is 0.960. The van der Waals surface area contributed by atoms with E-state index in [9.17, 15) is 0 Å². The lowest BCUT2D eigenvalue weighted by Gasteiger charge is -2.22. The molecule has 1 aromatic rings. The fourth-order valence-corrected chi connectivity index (χ4v) is 1.27. The van der Waals surface area contributed by atoms with Gasteiger partial charge in [0.25, 0.3) is 0 Å². The highest BCUT2D eigenvalue weighted by Crippen LogP contribution is 2.12. The molecule has 0 aliphatic rings. The molecule has 1 rings (SSSR count). The van der Waals surface area contributed by atoms with E-state index in [0.29, 0.717) is 18.9 Å². The van der Waals surface area contributed by atoms with E-state index in [0.717, 1.165) is 5.69 Å². The highest BCUT2D eigenvalue weighted by molar-refractivity contribution is 5.94. The van der Waals surface area contributed by atoms with Crippen LogP contribution in [0.2, 0.25) is 0 Å². The third-order valence-electron chi connectivity index (χ3n) is 2.02. The fraction of sp³-hybridized carbons (Fsp3) is 0.273. The van der Waals surface area contributed by atoms with Gasteiger partial charge in [0, 0.05) is 19.3 Å². The van der Waals surface area contributed by atoms with Crippen LogP contribution in [0.4, 0.5) is 5.69 Å². The Morgan fingerprint density at radius 2 is 2.13 bits per heavy atom. The molecule has 0 heterocycles. The maximum Gasteiger partial charge on any atom is 0.195 e. The monoisotopic (exact) mass is 202 g/mol. The molecular formula is C11H14N4. The zero-order chi connectivity index (χ0) is 11.1. The molecule has 1 aromatic carbocycles. The van der Waals surface area contributed by atoms with Gasteiger partial charge in [0.15, 0.2) is 5.96 Å². The van der Waals surface area contributed by atoms with Crippen LogP contribution in [0.15, 0.2) is 35.3 Å². The molecule has 78 valence electrons. The first-order valence-electron chi connectivity index (χ1n) is 4.71. The molecule has 0 fully saturated rings. The Kier molecular flexibility index (Phi) is 4.17. The Morgan fingerprint density at radius 3 is 2.67 bits per heavy atom. The van der Waals surface area contributed by atoms with Crippen LogP contribution in [-0.2, 0) is 0 Å². The Morgan fingerprint density at radius 1 is 1.47 bits per heavy atom. The number of guanidine groups is 1.